The summed E-state index contributed by atoms with van der Waals surface area (Å²) in [6.07, 6.45) is 3.28. The Labute approximate surface area is 109 Å². The number of carboxylic acids is 1. The molecule has 19 heavy (non-hydrogen) atoms. The minimum Gasteiger partial charge on any atom is -0.478 e. The second-order valence-corrected chi connectivity index (χ2v) is 4.08. The van der Waals surface area contributed by atoms with Crippen molar-refractivity contribution < 1.29 is 14.7 Å². The van der Waals surface area contributed by atoms with Crippen molar-refractivity contribution in [3.05, 3.63) is 53.3 Å². The van der Waals surface area contributed by atoms with Crippen LogP contribution >= 0.6 is 0 Å². The van der Waals surface area contributed by atoms with E-state index in [4.69, 9.17) is 5.11 Å². The van der Waals surface area contributed by atoms with Gasteiger partial charge in [-0.3, -0.25) is 9.89 Å². The first-order valence-electron chi connectivity index (χ1n) is 5.71. The van der Waals surface area contributed by atoms with Crippen LogP contribution < -0.4 is 5.32 Å². The lowest BCUT2D eigenvalue weighted by atomic mass is 10.1. The molecular formula is C13H13N3O3. The smallest absolute Gasteiger partial charge is 0.336 e. The summed E-state index contributed by atoms with van der Waals surface area (Å²) in [4.78, 5) is 23.1. The molecule has 1 aromatic carbocycles. The van der Waals surface area contributed by atoms with Gasteiger partial charge in [0.05, 0.1) is 23.4 Å². The summed E-state index contributed by atoms with van der Waals surface area (Å²) in [5, 5.41) is 18.2. The quantitative estimate of drug-likeness (QED) is 0.777. The molecule has 2 aromatic rings. The largest absolute Gasteiger partial charge is 0.478 e. The van der Waals surface area contributed by atoms with Crippen molar-refractivity contribution in [3.63, 3.8) is 0 Å². The summed E-state index contributed by atoms with van der Waals surface area (Å²) >= 11 is 0. The Morgan fingerprint density at radius 3 is 2.58 bits per heavy atom. The Bertz CT molecular complexity index is 593. The molecule has 1 amide bonds. The molecule has 0 radical (unpaired) electrons. The van der Waals surface area contributed by atoms with E-state index in [1.807, 2.05) is 0 Å². The Hall–Kier alpha value is -2.63. The fourth-order valence-electron chi connectivity index (χ4n) is 1.72. The van der Waals surface area contributed by atoms with Crippen molar-refractivity contribution in [2.24, 2.45) is 0 Å². The molecule has 2 rings (SSSR count). The number of nitrogens with one attached hydrogen (secondary N) is 2. The molecule has 6 nitrogen and oxygen atoms in total. The highest BCUT2D eigenvalue weighted by Crippen LogP contribution is 2.13. The molecule has 6 heteroatoms. The predicted octanol–water partition coefficient (Wildman–Crippen LogP) is 1.60. The Balaban J connectivity index is 2.19. The zero-order chi connectivity index (χ0) is 13.8. The van der Waals surface area contributed by atoms with E-state index in [2.05, 4.69) is 15.5 Å². The highest BCUT2D eigenvalue weighted by Gasteiger charge is 2.18. The highest BCUT2D eigenvalue weighted by atomic mass is 16.4. The molecule has 0 fully saturated rings. The lowest BCUT2D eigenvalue weighted by molar-refractivity contribution is 0.0690. The number of carboxylic acid groups (broad SMARTS) is 1. The fourth-order valence-corrected chi connectivity index (χ4v) is 1.72. The number of benzene rings is 1. The van der Waals surface area contributed by atoms with Crippen molar-refractivity contribution in [1.82, 2.24) is 15.5 Å². The van der Waals surface area contributed by atoms with Crippen molar-refractivity contribution in [2.75, 3.05) is 0 Å². The van der Waals surface area contributed by atoms with E-state index >= 15 is 0 Å². The number of aromatic amines is 1. The average molecular weight is 259 g/mol. The van der Waals surface area contributed by atoms with Gasteiger partial charge in [0.1, 0.15) is 0 Å². The molecule has 1 atom stereocenters. The third-order valence-electron chi connectivity index (χ3n) is 2.77. The van der Waals surface area contributed by atoms with Gasteiger partial charge in [0.25, 0.3) is 5.91 Å². The van der Waals surface area contributed by atoms with E-state index in [0.29, 0.717) is 0 Å². The number of carbonyl (C=O) groups is 2. The van der Waals surface area contributed by atoms with Crippen molar-refractivity contribution in [2.45, 2.75) is 13.0 Å². The molecule has 3 N–H and O–H groups in total. The van der Waals surface area contributed by atoms with Crippen LogP contribution in [0.3, 0.4) is 0 Å². The standard InChI is InChI=1S/C13H13N3O3/c1-8(9-6-14-15-7-9)16-12(17)10-4-2-3-5-11(10)13(18)19/h2-8H,1H3,(H,14,15)(H,16,17)(H,18,19). The maximum Gasteiger partial charge on any atom is 0.336 e. The van der Waals surface area contributed by atoms with Crippen LogP contribution in [-0.2, 0) is 0 Å². The van der Waals surface area contributed by atoms with Crippen LogP contribution in [-0.4, -0.2) is 27.2 Å². The van der Waals surface area contributed by atoms with Gasteiger partial charge in [-0.05, 0) is 19.1 Å². The van der Waals surface area contributed by atoms with Gasteiger partial charge in [-0.2, -0.15) is 5.10 Å². The van der Waals surface area contributed by atoms with E-state index < -0.39 is 11.9 Å². The summed E-state index contributed by atoms with van der Waals surface area (Å²) in [7, 11) is 0. The summed E-state index contributed by atoms with van der Waals surface area (Å²) in [6.45, 7) is 1.80. The van der Waals surface area contributed by atoms with Crippen LogP contribution in [0, 0.1) is 0 Å². The van der Waals surface area contributed by atoms with Gasteiger partial charge in [0.2, 0.25) is 0 Å². The summed E-state index contributed by atoms with van der Waals surface area (Å²) in [6, 6.07) is 5.85. The third-order valence-corrected chi connectivity index (χ3v) is 2.77. The molecule has 0 saturated carbocycles. The lowest BCUT2D eigenvalue weighted by Crippen LogP contribution is -2.28. The monoisotopic (exact) mass is 259 g/mol. The Morgan fingerprint density at radius 2 is 2.00 bits per heavy atom. The minimum absolute atomic E-state index is 0.0145. The average Bonchev–Trinajstić information content (AvgIpc) is 2.92. The van der Waals surface area contributed by atoms with E-state index in [1.54, 1.807) is 31.5 Å². The number of nitrogens with zero attached hydrogens (tertiary/aromatic N) is 1. The Kier molecular flexibility index (Phi) is 3.61. The van der Waals surface area contributed by atoms with Crippen LogP contribution in [0.2, 0.25) is 0 Å². The number of amides is 1. The summed E-state index contributed by atoms with van der Waals surface area (Å²) in [5.74, 6) is -1.55. The number of hydrogen-bond acceptors (Lipinski definition) is 3. The van der Waals surface area contributed by atoms with Crippen molar-refractivity contribution in [3.8, 4) is 0 Å². The molecule has 0 bridgehead atoms. The van der Waals surface area contributed by atoms with Gasteiger partial charge in [-0.1, -0.05) is 12.1 Å². The van der Waals surface area contributed by atoms with E-state index in [1.165, 1.54) is 12.1 Å². The maximum absolute atomic E-state index is 12.1. The van der Waals surface area contributed by atoms with Crippen LogP contribution in [0.15, 0.2) is 36.7 Å². The Morgan fingerprint density at radius 1 is 1.32 bits per heavy atom. The van der Waals surface area contributed by atoms with Crippen molar-refractivity contribution in [1.29, 1.82) is 0 Å². The second kappa shape index (κ2) is 5.34. The van der Waals surface area contributed by atoms with Gasteiger partial charge in [-0.15, -0.1) is 0 Å². The first-order chi connectivity index (χ1) is 9.09. The molecular weight excluding hydrogens is 246 g/mol. The molecule has 1 aromatic heterocycles. The zero-order valence-corrected chi connectivity index (χ0v) is 10.3. The predicted molar refractivity (Wildman–Crippen MR) is 67.9 cm³/mol. The van der Waals surface area contributed by atoms with Crippen LogP contribution in [0.4, 0.5) is 0 Å². The topological polar surface area (TPSA) is 95.1 Å². The van der Waals surface area contributed by atoms with E-state index in [-0.39, 0.29) is 17.2 Å². The molecule has 0 saturated heterocycles. The van der Waals surface area contributed by atoms with Crippen LogP contribution in [0.25, 0.3) is 0 Å². The number of aromatic carboxylic acids is 1. The lowest BCUT2D eigenvalue weighted by Gasteiger charge is -2.13. The summed E-state index contributed by atoms with van der Waals surface area (Å²) in [5.41, 5.74) is 0.950. The fraction of sp³-hybridized carbons (Fsp3) is 0.154. The number of carbonyl (C=O) groups excluding carboxylic acids is 1. The highest BCUT2D eigenvalue weighted by molar-refractivity contribution is 6.04. The second-order valence-electron chi connectivity index (χ2n) is 4.08. The number of hydrogen-bond donors (Lipinski definition) is 3. The number of rotatable bonds is 4. The van der Waals surface area contributed by atoms with E-state index in [9.17, 15) is 9.59 Å². The van der Waals surface area contributed by atoms with Gasteiger partial charge in [-0.25, -0.2) is 4.79 Å². The zero-order valence-electron chi connectivity index (χ0n) is 10.3. The normalized spacial score (nSPS) is 11.8. The van der Waals surface area contributed by atoms with Crippen molar-refractivity contribution >= 4 is 11.9 Å². The van der Waals surface area contributed by atoms with Gasteiger partial charge >= 0.3 is 5.97 Å². The molecule has 0 aliphatic heterocycles. The van der Waals surface area contributed by atoms with Gasteiger partial charge < -0.3 is 10.4 Å². The number of aromatic nitrogens is 2. The van der Waals surface area contributed by atoms with Gasteiger partial charge in [0, 0.05) is 11.8 Å². The van der Waals surface area contributed by atoms with E-state index in [0.717, 1.165) is 5.56 Å². The van der Waals surface area contributed by atoms with Gasteiger partial charge in [0.15, 0.2) is 0 Å². The SMILES string of the molecule is CC(NC(=O)c1ccccc1C(=O)O)c1cn[nH]c1. The molecule has 1 unspecified atom stereocenters. The third kappa shape index (κ3) is 2.79. The molecule has 0 spiro atoms. The number of H-pyrrole nitrogens is 1. The first-order valence-corrected chi connectivity index (χ1v) is 5.71. The molecule has 0 aliphatic carbocycles. The van der Waals surface area contributed by atoms with Crippen LogP contribution in [0.1, 0.15) is 39.2 Å². The first kappa shape index (κ1) is 12.8. The molecule has 1 heterocycles. The molecule has 98 valence electrons. The maximum atomic E-state index is 12.1. The van der Waals surface area contributed by atoms with Crippen LogP contribution in [0.5, 0.6) is 0 Å². The molecule has 0 aliphatic rings. The summed E-state index contributed by atoms with van der Waals surface area (Å²) < 4.78 is 0. The minimum atomic E-state index is -1.12.